The summed E-state index contributed by atoms with van der Waals surface area (Å²) in [5.74, 6) is -1.85. The van der Waals surface area contributed by atoms with Gasteiger partial charge in [0.1, 0.15) is 18.4 Å². The number of amides is 2. The van der Waals surface area contributed by atoms with Gasteiger partial charge in [-0.05, 0) is 68.7 Å². The zero-order valence-electron chi connectivity index (χ0n) is 22.8. The third-order valence-corrected chi connectivity index (χ3v) is 9.73. The van der Waals surface area contributed by atoms with Crippen molar-refractivity contribution in [1.29, 1.82) is 0 Å². The first-order valence-electron chi connectivity index (χ1n) is 13.3. The summed E-state index contributed by atoms with van der Waals surface area (Å²) < 4.78 is 43.4. The third-order valence-electron chi connectivity index (χ3n) is 7.21. The van der Waals surface area contributed by atoms with Gasteiger partial charge in [-0.2, -0.15) is 0 Å². The van der Waals surface area contributed by atoms with Crippen molar-refractivity contribution < 1.29 is 22.4 Å². The van der Waals surface area contributed by atoms with E-state index in [4.69, 9.17) is 23.2 Å². The number of nitrogens with zero attached hydrogens (tertiary/aromatic N) is 2. The van der Waals surface area contributed by atoms with Gasteiger partial charge in [-0.15, -0.1) is 0 Å². The predicted molar refractivity (Wildman–Crippen MR) is 159 cm³/mol. The van der Waals surface area contributed by atoms with Crippen molar-refractivity contribution in [2.75, 3.05) is 10.8 Å². The van der Waals surface area contributed by atoms with Gasteiger partial charge in [-0.3, -0.25) is 13.9 Å². The largest absolute Gasteiger partial charge is 0.352 e. The van der Waals surface area contributed by atoms with Crippen molar-refractivity contribution in [2.45, 2.75) is 63.1 Å². The van der Waals surface area contributed by atoms with Gasteiger partial charge in [0.2, 0.25) is 11.8 Å². The van der Waals surface area contributed by atoms with Crippen LogP contribution in [0.1, 0.15) is 43.7 Å². The number of carbonyl (C=O) groups excluding carboxylic acids is 2. The van der Waals surface area contributed by atoms with Crippen molar-refractivity contribution in [1.82, 2.24) is 10.2 Å². The second-order valence-electron chi connectivity index (χ2n) is 10.2. The lowest BCUT2D eigenvalue weighted by Gasteiger charge is -2.32. The number of carbonyl (C=O) groups is 2. The maximum Gasteiger partial charge on any atom is 0.264 e. The minimum atomic E-state index is -4.37. The number of hydrogen-bond donors (Lipinski definition) is 1. The number of benzene rings is 3. The van der Waals surface area contributed by atoms with Crippen molar-refractivity contribution in [3.63, 3.8) is 0 Å². The summed E-state index contributed by atoms with van der Waals surface area (Å²) in [6, 6.07) is 15.3. The third kappa shape index (κ3) is 7.39. The molecule has 3 aromatic carbocycles. The number of nitrogens with one attached hydrogen (secondary N) is 1. The van der Waals surface area contributed by atoms with Crippen molar-refractivity contribution in [3.05, 3.63) is 93.7 Å². The molecule has 1 N–H and O–H groups in total. The molecule has 7 nitrogen and oxygen atoms in total. The summed E-state index contributed by atoms with van der Waals surface area (Å²) in [6.45, 7) is 2.61. The van der Waals surface area contributed by atoms with Crippen molar-refractivity contribution >= 4 is 50.7 Å². The van der Waals surface area contributed by atoms with E-state index in [0.29, 0.717) is 10.6 Å². The van der Waals surface area contributed by atoms with Crippen LogP contribution in [0.2, 0.25) is 10.0 Å². The number of rotatable bonds is 10. The minimum Gasteiger partial charge on any atom is -0.352 e. The summed E-state index contributed by atoms with van der Waals surface area (Å²) in [5.41, 5.74) is 1.15. The van der Waals surface area contributed by atoms with Gasteiger partial charge in [0.25, 0.3) is 10.0 Å². The Morgan fingerprint density at radius 1 is 1.00 bits per heavy atom. The number of aryl methyl sites for hydroxylation is 1. The highest BCUT2D eigenvalue weighted by atomic mass is 35.5. The normalized spacial score (nSPS) is 14.5. The fraction of sp³-hybridized carbons (Fsp3) is 0.333. The Labute approximate surface area is 250 Å². The SMILES string of the molecule is Cc1ccc(S(=O)(=O)N(CC(=O)N(Cc2ccc(Cl)c(Cl)c2)[C@@H](C)C(=O)NC2CCCC2)c2ccccc2F)cc1. The average Bonchev–Trinajstić information content (AvgIpc) is 3.45. The Morgan fingerprint density at radius 2 is 1.66 bits per heavy atom. The molecular formula is C30H32Cl2FN3O4S. The molecule has 0 aliphatic heterocycles. The number of para-hydroxylation sites is 1. The van der Waals surface area contributed by atoms with E-state index in [0.717, 1.165) is 41.6 Å². The molecule has 1 saturated carbocycles. The Balaban J connectivity index is 1.70. The highest BCUT2D eigenvalue weighted by Crippen LogP contribution is 2.28. The molecule has 0 spiro atoms. The van der Waals surface area contributed by atoms with Crippen LogP contribution in [0.4, 0.5) is 10.1 Å². The summed E-state index contributed by atoms with van der Waals surface area (Å²) in [7, 11) is -4.37. The minimum absolute atomic E-state index is 0.0173. The van der Waals surface area contributed by atoms with Gasteiger partial charge >= 0.3 is 0 Å². The topological polar surface area (TPSA) is 86.8 Å². The molecule has 0 unspecified atom stereocenters. The first-order valence-corrected chi connectivity index (χ1v) is 15.5. The van der Waals surface area contributed by atoms with E-state index in [1.54, 1.807) is 37.3 Å². The van der Waals surface area contributed by atoms with Crippen LogP contribution in [0.3, 0.4) is 0 Å². The van der Waals surface area contributed by atoms with E-state index < -0.39 is 34.3 Å². The molecule has 1 aliphatic rings. The van der Waals surface area contributed by atoms with Gasteiger partial charge in [-0.25, -0.2) is 12.8 Å². The molecule has 0 saturated heterocycles. The van der Waals surface area contributed by atoms with Crippen LogP contribution in [-0.4, -0.2) is 43.8 Å². The average molecular weight is 621 g/mol. The lowest BCUT2D eigenvalue weighted by Crippen LogP contribution is -2.52. The Kier molecular flexibility index (Phi) is 9.94. The van der Waals surface area contributed by atoms with Gasteiger partial charge in [0.05, 0.1) is 20.6 Å². The van der Waals surface area contributed by atoms with Crippen molar-refractivity contribution in [2.24, 2.45) is 0 Å². The molecule has 0 bridgehead atoms. The van der Waals surface area contributed by atoms with Gasteiger partial charge < -0.3 is 10.2 Å². The molecule has 41 heavy (non-hydrogen) atoms. The van der Waals surface area contributed by atoms with Crippen LogP contribution in [0.25, 0.3) is 0 Å². The first kappa shape index (κ1) is 30.8. The summed E-state index contributed by atoms with van der Waals surface area (Å²) in [5, 5.41) is 3.61. The van der Waals surface area contributed by atoms with Crippen LogP contribution in [-0.2, 0) is 26.2 Å². The molecule has 1 atom stereocenters. The zero-order chi connectivity index (χ0) is 29.7. The number of halogens is 3. The van der Waals surface area contributed by atoms with Crippen LogP contribution < -0.4 is 9.62 Å². The first-order chi connectivity index (χ1) is 19.5. The molecule has 1 fully saturated rings. The standard InChI is InChI=1S/C30H32Cl2FN3O4S/c1-20-11-14-24(15-12-20)41(39,40)36(28-10-6-5-9-27(28)33)19-29(37)35(18-22-13-16-25(31)26(32)17-22)21(2)30(38)34-23-7-3-4-8-23/h5-6,9-17,21,23H,3-4,7-8,18-19H2,1-2H3,(H,34,38)/t21-/m0/s1. The predicted octanol–water partition coefficient (Wildman–Crippen LogP) is 6.11. The lowest BCUT2D eigenvalue weighted by atomic mass is 10.1. The summed E-state index contributed by atoms with van der Waals surface area (Å²) in [4.78, 5) is 28.4. The molecule has 0 aromatic heterocycles. The lowest BCUT2D eigenvalue weighted by molar-refractivity contribution is -0.139. The molecule has 4 rings (SSSR count). The fourth-order valence-electron chi connectivity index (χ4n) is 4.81. The highest BCUT2D eigenvalue weighted by molar-refractivity contribution is 7.92. The maximum absolute atomic E-state index is 15.0. The molecule has 11 heteroatoms. The quantitative estimate of drug-likeness (QED) is 0.296. The van der Waals surface area contributed by atoms with Crippen LogP contribution in [0.15, 0.2) is 71.6 Å². The summed E-state index contributed by atoms with van der Waals surface area (Å²) >= 11 is 12.3. The number of hydrogen-bond acceptors (Lipinski definition) is 4. The van der Waals surface area contributed by atoms with Crippen LogP contribution >= 0.6 is 23.2 Å². The highest BCUT2D eigenvalue weighted by Gasteiger charge is 2.34. The van der Waals surface area contributed by atoms with Gasteiger partial charge in [0, 0.05) is 12.6 Å². The number of sulfonamides is 1. The van der Waals surface area contributed by atoms with Crippen LogP contribution in [0.5, 0.6) is 0 Å². The van der Waals surface area contributed by atoms with E-state index in [1.807, 2.05) is 6.92 Å². The molecule has 218 valence electrons. The zero-order valence-corrected chi connectivity index (χ0v) is 25.1. The van der Waals surface area contributed by atoms with E-state index in [1.165, 1.54) is 35.2 Å². The fourth-order valence-corrected chi connectivity index (χ4v) is 6.56. The van der Waals surface area contributed by atoms with E-state index in [9.17, 15) is 18.0 Å². The smallest absolute Gasteiger partial charge is 0.264 e. The molecule has 0 heterocycles. The Bertz CT molecular complexity index is 1510. The second-order valence-corrected chi connectivity index (χ2v) is 12.9. The van der Waals surface area contributed by atoms with E-state index >= 15 is 4.39 Å². The molecule has 1 aliphatic carbocycles. The number of anilines is 1. The second kappa shape index (κ2) is 13.2. The summed E-state index contributed by atoms with van der Waals surface area (Å²) in [6.07, 6.45) is 3.74. The maximum atomic E-state index is 15.0. The van der Waals surface area contributed by atoms with Gasteiger partial charge in [0.15, 0.2) is 0 Å². The van der Waals surface area contributed by atoms with E-state index in [-0.39, 0.29) is 34.1 Å². The monoisotopic (exact) mass is 619 g/mol. The molecular weight excluding hydrogens is 588 g/mol. The molecule has 2 amide bonds. The van der Waals surface area contributed by atoms with E-state index in [2.05, 4.69) is 5.32 Å². The molecule has 3 aromatic rings. The Hall–Kier alpha value is -3.14. The van der Waals surface area contributed by atoms with Crippen LogP contribution in [0, 0.1) is 12.7 Å². The Morgan fingerprint density at radius 3 is 2.29 bits per heavy atom. The van der Waals surface area contributed by atoms with Gasteiger partial charge in [-0.1, -0.05) is 71.9 Å². The molecule has 0 radical (unpaired) electrons. The van der Waals surface area contributed by atoms with Crippen molar-refractivity contribution in [3.8, 4) is 0 Å².